The molecule has 1 aliphatic carbocycles. The first kappa shape index (κ1) is 16.9. The molecule has 0 amide bonds. The van der Waals surface area contributed by atoms with E-state index in [4.69, 9.17) is 4.74 Å². The fourth-order valence-electron chi connectivity index (χ4n) is 2.43. The van der Waals surface area contributed by atoms with E-state index in [0.717, 1.165) is 19.6 Å². The highest BCUT2D eigenvalue weighted by Gasteiger charge is 2.48. The van der Waals surface area contributed by atoms with E-state index >= 15 is 0 Å². The average Bonchev–Trinajstić information content (AvgIpc) is 2.24. The van der Waals surface area contributed by atoms with Gasteiger partial charge in [0.05, 0.1) is 11.9 Å². The van der Waals surface area contributed by atoms with Gasteiger partial charge in [-0.25, -0.2) is 8.42 Å². The highest BCUT2D eigenvalue weighted by molar-refractivity contribution is 7.90. The van der Waals surface area contributed by atoms with Crippen LogP contribution in [0.15, 0.2) is 0 Å². The Morgan fingerprint density at radius 1 is 1.37 bits per heavy atom. The molecule has 114 valence electrons. The second-order valence-electron chi connectivity index (χ2n) is 6.76. The Labute approximate surface area is 118 Å². The van der Waals surface area contributed by atoms with Crippen LogP contribution in [-0.4, -0.2) is 45.7 Å². The highest BCUT2D eigenvalue weighted by atomic mass is 32.2. The largest absolute Gasteiger partial charge is 0.377 e. The predicted molar refractivity (Wildman–Crippen MR) is 79.1 cm³/mol. The Morgan fingerprint density at radius 2 is 2.00 bits per heavy atom. The van der Waals surface area contributed by atoms with Crippen LogP contribution in [0, 0.1) is 11.3 Å². The lowest BCUT2D eigenvalue weighted by atomic mass is 9.64. The molecule has 0 heterocycles. The molecule has 0 spiro atoms. The van der Waals surface area contributed by atoms with Crippen molar-refractivity contribution in [3.63, 3.8) is 0 Å². The standard InChI is InChI=1S/C14H29NO3S/c1-11(2)10-18-13-9-12(14(13,3)4)15-7-6-8-19(5,16)17/h11-13,15H,6-10H2,1-5H3. The van der Waals surface area contributed by atoms with Crippen LogP contribution in [0.2, 0.25) is 0 Å². The van der Waals surface area contributed by atoms with Crippen LogP contribution in [0.1, 0.15) is 40.5 Å². The van der Waals surface area contributed by atoms with E-state index < -0.39 is 9.84 Å². The van der Waals surface area contributed by atoms with Gasteiger partial charge in [0.1, 0.15) is 9.84 Å². The third-order valence-corrected chi connectivity index (χ3v) is 4.92. The van der Waals surface area contributed by atoms with Gasteiger partial charge < -0.3 is 10.1 Å². The number of nitrogens with one attached hydrogen (secondary N) is 1. The van der Waals surface area contributed by atoms with Gasteiger partial charge in [0.25, 0.3) is 0 Å². The van der Waals surface area contributed by atoms with Crippen LogP contribution in [0.3, 0.4) is 0 Å². The SMILES string of the molecule is CC(C)COC1CC(NCCCS(C)(=O)=O)C1(C)C. The minimum atomic E-state index is -2.83. The molecule has 0 aliphatic heterocycles. The van der Waals surface area contributed by atoms with Gasteiger partial charge in [-0.3, -0.25) is 0 Å². The zero-order valence-corrected chi connectivity index (χ0v) is 13.7. The zero-order chi connectivity index (χ0) is 14.7. The molecule has 4 nitrogen and oxygen atoms in total. The van der Waals surface area contributed by atoms with E-state index in [1.165, 1.54) is 6.26 Å². The number of ether oxygens (including phenoxy) is 1. The molecule has 0 radical (unpaired) electrons. The third-order valence-electron chi connectivity index (χ3n) is 3.89. The fourth-order valence-corrected chi connectivity index (χ4v) is 3.10. The van der Waals surface area contributed by atoms with Crippen LogP contribution in [0.25, 0.3) is 0 Å². The Hall–Kier alpha value is -0.130. The topological polar surface area (TPSA) is 55.4 Å². The van der Waals surface area contributed by atoms with Crippen molar-refractivity contribution in [1.29, 1.82) is 0 Å². The second-order valence-corrected chi connectivity index (χ2v) is 9.02. The third kappa shape index (κ3) is 5.40. The number of hydrogen-bond acceptors (Lipinski definition) is 4. The number of rotatable bonds is 8. The van der Waals surface area contributed by atoms with Crippen LogP contribution < -0.4 is 5.32 Å². The van der Waals surface area contributed by atoms with Crippen LogP contribution in [-0.2, 0) is 14.6 Å². The summed E-state index contributed by atoms with van der Waals surface area (Å²) in [6.45, 7) is 10.3. The molecule has 19 heavy (non-hydrogen) atoms. The summed E-state index contributed by atoms with van der Waals surface area (Å²) in [5.74, 6) is 0.832. The summed E-state index contributed by atoms with van der Waals surface area (Å²) in [5.41, 5.74) is 0.139. The molecule has 5 heteroatoms. The van der Waals surface area contributed by atoms with Crippen molar-refractivity contribution < 1.29 is 13.2 Å². The first-order chi connectivity index (χ1) is 8.63. The van der Waals surface area contributed by atoms with E-state index in [2.05, 4.69) is 33.0 Å². The predicted octanol–water partition coefficient (Wildman–Crippen LogP) is 1.85. The van der Waals surface area contributed by atoms with E-state index in [1.807, 2.05) is 0 Å². The van der Waals surface area contributed by atoms with Crippen molar-refractivity contribution in [1.82, 2.24) is 5.32 Å². The van der Waals surface area contributed by atoms with Gasteiger partial charge in [0.2, 0.25) is 0 Å². The maximum atomic E-state index is 11.0. The van der Waals surface area contributed by atoms with E-state index in [1.54, 1.807) is 0 Å². The summed E-state index contributed by atoms with van der Waals surface area (Å²) in [6, 6.07) is 0.434. The Balaban J connectivity index is 2.23. The lowest BCUT2D eigenvalue weighted by Gasteiger charge is -2.52. The molecule has 0 bridgehead atoms. The van der Waals surface area contributed by atoms with E-state index in [9.17, 15) is 8.42 Å². The van der Waals surface area contributed by atoms with Gasteiger partial charge in [-0.2, -0.15) is 0 Å². The van der Waals surface area contributed by atoms with Crippen molar-refractivity contribution in [2.75, 3.05) is 25.2 Å². The highest BCUT2D eigenvalue weighted by Crippen LogP contribution is 2.42. The summed E-state index contributed by atoms with van der Waals surface area (Å²) in [4.78, 5) is 0. The summed E-state index contributed by atoms with van der Waals surface area (Å²) in [7, 11) is -2.83. The van der Waals surface area contributed by atoms with Crippen molar-refractivity contribution in [2.45, 2.75) is 52.7 Å². The second kappa shape index (κ2) is 6.55. The minimum Gasteiger partial charge on any atom is -0.377 e. The zero-order valence-electron chi connectivity index (χ0n) is 12.9. The van der Waals surface area contributed by atoms with Crippen LogP contribution in [0.4, 0.5) is 0 Å². The smallest absolute Gasteiger partial charge is 0.147 e. The molecule has 1 N–H and O–H groups in total. The maximum Gasteiger partial charge on any atom is 0.147 e. The van der Waals surface area contributed by atoms with Crippen molar-refractivity contribution in [3.05, 3.63) is 0 Å². The Kier molecular flexibility index (Phi) is 5.83. The monoisotopic (exact) mass is 291 g/mol. The van der Waals surface area contributed by atoms with Gasteiger partial charge in [-0.1, -0.05) is 27.7 Å². The quantitative estimate of drug-likeness (QED) is 0.694. The lowest BCUT2D eigenvalue weighted by Crippen LogP contribution is -2.61. The Bertz CT molecular complexity index is 376. The normalized spacial score (nSPS) is 26.4. The van der Waals surface area contributed by atoms with Gasteiger partial charge >= 0.3 is 0 Å². The molecule has 1 rings (SSSR count). The molecule has 2 atom stereocenters. The van der Waals surface area contributed by atoms with E-state index in [-0.39, 0.29) is 11.2 Å². The van der Waals surface area contributed by atoms with Gasteiger partial charge in [0, 0.05) is 24.3 Å². The summed E-state index contributed by atoms with van der Waals surface area (Å²) >= 11 is 0. The molecular weight excluding hydrogens is 262 g/mol. The molecular formula is C14H29NO3S. The minimum absolute atomic E-state index is 0.139. The molecule has 1 fully saturated rings. The molecule has 0 saturated heterocycles. The first-order valence-corrected chi connectivity index (χ1v) is 9.21. The number of sulfone groups is 1. The Morgan fingerprint density at radius 3 is 2.47 bits per heavy atom. The van der Waals surface area contributed by atoms with Gasteiger partial charge in [-0.15, -0.1) is 0 Å². The fraction of sp³-hybridized carbons (Fsp3) is 1.00. The molecule has 1 saturated carbocycles. The number of hydrogen-bond donors (Lipinski definition) is 1. The van der Waals surface area contributed by atoms with Crippen molar-refractivity contribution in [3.8, 4) is 0 Å². The summed E-state index contributed by atoms with van der Waals surface area (Å²) in [5, 5.41) is 3.46. The summed E-state index contributed by atoms with van der Waals surface area (Å²) < 4.78 is 28.0. The van der Waals surface area contributed by atoms with Crippen molar-refractivity contribution >= 4 is 9.84 Å². The molecule has 2 unspecified atom stereocenters. The van der Waals surface area contributed by atoms with Crippen molar-refractivity contribution in [2.24, 2.45) is 11.3 Å². The van der Waals surface area contributed by atoms with Crippen LogP contribution >= 0.6 is 0 Å². The molecule has 0 aromatic heterocycles. The average molecular weight is 291 g/mol. The lowest BCUT2D eigenvalue weighted by molar-refractivity contribution is -0.123. The summed E-state index contributed by atoms with van der Waals surface area (Å²) in [6.07, 6.45) is 3.32. The molecule has 1 aliphatic rings. The van der Waals surface area contributed by atoms with E-state index in [0.29, 0.717) is 24.5 Å². The molecule has 0 aromatic rings. The van der Waals surface area contributed by atoms with Gasteiger partial charge in [0.15, 0.2) is 0 Å². The maximum absolute atomic E-state index is 11.0. The van der Waals surface area contributed by atoms with Gasteiger partial charge in [-0.05, 0) is 25.3 Å². The molecule has 0 aromatic carbocycles. The van der Waals surface area contributed by atoms with Crippen LogP contribution in [0.5, 0.6) is 0 Å². The first-order valence-electron chi connectivity index (χ1n) is 7.15.